The predicted octanol–water partition coefficient (Wildman–Crippen LogP) is 3.81. The molecule has 0 spiro atoms. The summed E-state index contributed by atoms with van der Waals surface area (Å²) in [6.07, 6.45) is 3.49. The van der Waals surface area contributed by atoms with Crippen molar-refractivity contribution in [2.24, 2.45) is 0 Å². The maximum absolute atomic E-state index is 12.4. The van der Waals surface area contributed by atoms with Crippen LogP contribution in [0.5, 0.6) is 0 Å². The number of nitrogens with zero attached hydrogens (tertiary/aromatic N) is 1. The molecule has 2 aromatic rings. The van der Waals surface area contributed by atoms with Crippen LogP contribution >= 0.6 is 12.4 Å². The molecule has 6 heteroatoms. The highest BCUT2D eigenvalue weighted by Gasteiger charge is 2.17. The highest BCUT2D eigenvalue weighted by molar-refractivity contribution is 6.05. The Hall–Kier alpha value is -2.53. The first-order valence-electron chi connectivity index (χ1n) is 9.07. The first-order chi connectivity index (χ1) is 12.5. The summed E-state index contributed by atoms with van der Waals surface area (Å²) in [6, 6.07) is 13.0. The molecule has 5 nitrogen and oxygen atoms in total. The molecule has 1 heterocycles. The van der Waals surface area contributed by atoms with E-state index in [0.29, 0.717) is 17.7 Å². The number of carbonyl (C=O) groups excluding carboxylic acids is 2. The van der Waals surface area contributed by atoms with Crippen LogP contribution in [0.25, 0.3) is 0 Å². The summed E-state index contributed by atoms with van der Waals surface area (Å²) in [5.41, 5.74) is 9.62. The molecule has 0 saturated carbocycles. The van der Waals surface area contributed by atoms with Gasteiger partial charge >= 0.3 is 0 Å². The molecule has 0 aliphatic carbocycles. The lowest BCUT2D eigenvalue weighted by Gasteiger charge is -2.15. The number of amides is 2. The number of benzene rings is 2. The van der Waals surface area contributed by atoms with Crippen molar-refractivity contribution in [3.05, 3.63) is 59.2 Å². The molecule has 2 amide bonds. The summed E-state index contributed by atoms with van der Waals surface area (Å²) in [5.74, 6) is 0.0591. The summed E-state index contributed by atoms with van der Waals surface area (Å²) < 4.78 is 0. The van der Waals surface area contributed by atoms with Gasteiger partial charge in [-0.25, -0.2) is 0 Å². The summed E-state index contributed by atoms with van der Waals surface area (Å²) >= 11 is 0. The van der Waals surface area contributed by atoms with Crippen LogP contribution in [0.1, 0.15) is 40.7 Å². The zero-order valence-electron chi connectivity index (χ0n) is 15.5. The van der Waals surface area contributed by atoms with Gasteiger partial charge < -0.3 is 16.0 Å². The fourth-order valence-electron chi connectivity index (χ4n) is 3.21. The fourth-order valence-corrected chi connectivity index (χ4v) is 3.21. The van der Waals surface area contributed by atoms with E-state index in [1.165, 1.54) is 0 Å². The van der Waals surface area contributed by atoms with Gasteiger partial charge in [-0.1, -0.05) is 18.2 Å². The molecular formula is C21H26ClN3O2. The van der Waals surface area contributed by atoms with Crippen molar-refractivity contribution < 1.29 is 9.59 Å². The predicted molar refractivity (Wildman–Crippen MR) is 111 cm³/mol. The van der Waals surface area contributed by atoms with Gasteiger partial charge in [0.25, 0.3) is 5.91 Å². The quantitative estimate of drug-likeness (QED) is 0.766. The molecule has 144 valence electrons. The molecule has 3 rings (SSSR count). The van der Waals surface area contributed by atoms with Gasteiger partial charge in [-0.2, -0.15) is 0 Å². The molecular weight excluding hydrogens is 362 g/mol. The summed E-state index contributed by atoms with van der Waals surface area (Å²) in [7, 11) is 0. The van der Waals surface area contributed by atoms with Gasteiger partial charge in [-0.3, -0.25) is 9.59 Å². The Bertz CT molecular complexity index is 800. The number of anilines is 2. The van der Waals surface area contributed by atoms with Crippen molar-refractivity contribution in [3.63, 3.8) is 0 Å². The number of aryl methyl sites for hydroxylation is 2. The minimum absolute atomic E-state index is 0. The molecule has 0 bridgehead atoms. The molecule has 0 atom stereocenters. The van der Waals surface area contributed by atoms with Crippen LogP contribution in [-0.2, 0) is 11.2 Å². The smallest absolute Gasteiger partial charge is 0.256 e. The average Bonchev–Trinajstić information content (AvgIpc) is 3.17. The molecule has 0 aromatic heterocycles. The lowest BCUT2D eigenvalue weighted by atomic mass is 10.1. The number of halogens is 1. The number of nitrogens with two attached hydrogens (primary N) is 1. The third-order valence-corrected chi connectivity index (χ3v) is 4.80. The molecule has 1 aliphatic rings. The van der Waals surface area contributed by atoms with Gasteiger partial charge in [0.15, 0.2) is 0 Å². The van der Waals surface area contributed by atoms with Gasteiger partial charge in [-0.15, -0.1) is 12.4 Å². The topological polar surface area (TPSA) is 75.4 Å². The van der Waals surface area contributed by atoms with Crippen LogP contribution in [0, 0.1) is 6.92 Å². The van der Waals surface area contributed by atoms with Crippen LogP contribution < -0.4 is 11.1 Å². The fraction of sp³-hybridized carbons (Fsp3) is 0.333. The van der Waals surface area contributed by atoms with E-state index in [-0.39, 0.29) is 24.2 Å². The van der Waals surface area contributed by atoms with Gasteiger partial charge in [0.1, 0.15) is 0 Å². The van der Waals surface area contributed by atoms with E-state index >= 15 is 0 Å². The van der Waals surface area contributed by atoms with Crippen LogP contribution in [0.2, 0.25) is 0 Å². The van der Waals surface area contributed by atoms with E-state index in [2.05, 4.69) is 5.32 Å². The van der Waals surface area contributed by atoms with Crippen LogP contribution in [0.4, 0.5) is 11.4 Å². The van der Waals surface area contributed by atoms with E-state index in [4.69, 9.17) is 5.73 Å². The number of likely N-dealkylation sites (tertiary alicyclic amines) is 1. The van der Waals surface area contributed by atoms with Gasteiger partial charge in [0.05, 0.1) is 0 Å². The molecule has 27 heavy (non-hydrogen) atoms. The van der Waals surface area contributed by atoms with Gasteiger partial charge in [-0.05, 0) is 61.6 Å². The second-order valence-electron chi connectivity index (χ2n) is 6.81. The molecule has 1 fully saturated rings. The standard InChI is InChI=1S/C21H25N3O2.ClH/c1-15-4-8-17(22)14-19(15)21(26)23-18-9-5-16(6-10-18)7-11-20(25)24-12-2-3-13-24;/h4-6,8-10,14H,2-3,7,11-13,22H2,1H3,(H,23,26);1H. The van der Waals surface area contributed by atoms with E-state index < -0.39 is 0 Å². The number of carbonyl (C=O) groups is 2. The molecule has 1 saturated heterocycles. The first-order valence-corrected chi connectivity index (χ1v) is 9.07. The number of hydrogen-bond donors (Lipinski definition) is 2. The minimum atomic E-state index is -0.174. The Kier molecular flexibility index (Phi) is 7.25. The SMILES string of the molecule is Cc1ccc(N)cc1C(=O)Nc1ccc(CCC(=O)N2CCCC2)cc1.Cl. The molecule has 2 aromatic carbocycles. The Balaban J connectivity index is 0.00000261. The summed E-state index contributed by atoms with van der Waals surface area (Å²) in [4.78, 5) is 26.5. The maximum atomic E-state index is 12.4. The molecule has 0 radical (unpaired) electrons. The largest absolute Gasteiger partial charge is 0.399 e. The van der Waals surface area contributed by atoms with Crippen molar-refractivity contribution in [2.45, 2.75) is 32.6 Å². The number of hydrogen-bond acceptors (Lipinski definition) is 3. The lowest BCUT2D eigenvalue weighted by Crippen LogP contribution is -2.27. The zero-order valence-corrected chi connectivity index (χ0v) is 16.3. The van der Waals surface area contributed by atoms with E-state index in [1.54, 1.807) is 12.1 Å². The Morgan fingerprint density at radius 3 is 2.41 bits per heavy atom. The van der Waals surface area contributed by atoms with Crippen molar-refractivity contribution in [3.8, 4) is 0 Å². The average molecular weight is 388 g/mol. The summed E-state index contributed by atoms with van der Waals surface area (Å²) in [6.45, 7) is 3.68. The third kappa shape index (κ3) is 5.47. The van der Waals surface area contributed by atoms with Crippen LogP contribution in [0.3, 0.4) is 0 Å². The number of nitrogen functional groups attached to an aromatic ring is 1. The minimum Gasteiger partial charge on any atom is -0.399 e. The van der Waals surface area contributed by atoms with Crippen molar-refractivity contribution in [1.29, 1.82) is 0 Å². The summed E-state index contributed by atoms with van der Waals surface area (Å²) in [5, 5.41) is 2.89. The Morgan fingerprint density at radius 1 is 1.07 bits per heavy atom. The van der Waals surface area contributed by atoms with E-state index in [0.717, 1.165) is 49.2 Å². The van der Waals surface area contributed by atoms with Crippen molar-refractivity contribution in [1.82, 2.24) is 4.90 Å². The van der Waals surface area contributed by atoms with Crippen molar-refractivity contribution >= 4 is 35.6 Å². The maximum Gasteiger partial charge on any atom is 0.256 e. The van der Waals surface area contributed by atoms with Gasteiger partial charge in [0, 0.05) is 36.4 Å². The van der Waals surface area contributed by atoms with Crippen LogP contribution in [0.15, 0.2) is 42.5 Å². The second kappa shape index (κ2) is 9.42. The van der Waals surface area contributed by atoms with E-state index in [1.807, 2.05) is 42.2 Å². The van der Waals surface area contributed by atoms with Crippen molar-refractivity contribution in [2.75, 3.05) is 24.1 Å². The lowest BCUT2D eigenvalue weighted by molar-refractivity contribution is -0.130. The Morgan fingerprint density at radius 2 is 1.74 bits per heavy atom. The molecule has 1 aliphatic heterocycles. The zero-order chi connectivity index (χ0) is 18.5. The monoisotopic (exact) mass is 387 g/mol. The number of nitrogens with one attached hydrogen (secondary N) is 1. The Labute approximate surface area is 166 Å². The molecule has 0 unspecified atom stereocenters. The van der Waals surface area contributed by atoms with Gasteiger partial charge in [0.2, 0.25) is 5.91 Å². The van der Waals surface area contributed by atoms with Crippen LogP contribution in [-0.4, -0.2) is 29.8 Å². The first kappa shape index (κ1) is 20.8. The number of rotatable bonds is 5. The van der Waals surface area contributed by atoms with E-state index in [9.17, 15) is 9.59 Å². The second-order valence-corrected chi connectivity index (χ2v) is 6.81. The molecule has 3 N–H and O–H groups in total. The highest BCUT2D eigenvalue weighted by atomic mass is 35.5. The highest BCUT2D eigenvalue weighted by Crippen LogP contribution is 2.17. The normalized spacial score (nSPS) is 13.1. The third-order valence-electron chi connectivity index (χ3n) is 4.80.